The second kappa shape index (κ2) is 9.26. The number of carbonyl (C=O) groups is 1. The summed E-state index contributed by atoms with van der Waals surface area (Å²) in [5.74, 6) is -0.262. The fourth-order valence-corrected chi connectivity index (χ4v) is 3.81. The summed E-state index contributed by atoms with van der Waals surface area (Å²) in [6, 6.07) is 4.57. The van der Waals surface area contributed by atoms with Gasteiger partial charge in [0, 0.05) is 25.2 Å². The van der Waals surface area contributed by atoms with Crippen LogP contribution in [0.15, 0.2) is 29.2 Å². The second-order valence-electron chi connectivity index (χ2n) is 6.12. The van der Waals surface area contributed by atoms with E-state index in [0.717, 1.165) is 43.5 Å². The summed E-state index contributed by atoms with van der Waals surface area (Å²) in [5.41, 5.74) is 5.04. The van der Waals surface area contributed by atoms with Crippen LogP contribution in [0.4, 0.5) is 5.69 Å². The Kier molecular flexibility index (Phi) is 7.94. The monoisotopic (exact) mass is 406 g/mol. The number of rotatable bonds is 7. The molecule has 4 N–H and O–H groups in total. The molecule has 1 amide bonds. The fraction of sp³-hybridized carbons (Fsp3) is 0.533. The van der Waals surface area contributed by atoms with E-state index in [2.05, 4.69) is 10.0 Å². The quantitative estimate of drug-likeness (QED) is 0.351. The number of halogens is 1. The molecule has 0 unspecified atom stereocenters. The highest BCUT2D eigenvalue weighted by Gasteiger charge is 2.34. The van der Waals surface area contributed by atoms with E-state index in [1.807, 2.05) is 0 Å². The molecule has 26 heavy (non-hydrogen) atoms. The molecule has 0 spiro atoms. The van der Waals surface area contributed by atoms with Crippen molar-refractivity contribution in [2.75, 3.05) is 13.1 Å². The van der Waals surface area contributed by atoms with Crippen molar-refractivity contribution in [1.82, 2.24) is 10.0 Å². The van der Waals surface area contributed by atoms with Gasteiger partial charge in [-0.2, -0.15) is 0 Å². The van der Waals surface area contributed by atoms with Crippen LogP contribution in [0, 0.1) is 10.1 Å². The lowest BCUT2D eigenvalue weighted by atomic mass is 9.82. The summed E-state index contributed by atoms with van der Waals surface area (Å²) < 4.78 is 26.6. The van der Waals surface area contributed by atoms with Gasteiger partial charge in [0.05, 0.1) is 15.4 Å². The van der Waals surface area contributed by atoms with Crippen LogP contribution in [0.25, 0.3) is 0 Å². The molecule has 0 aliphatic heterocycles. The minimum absolute atomic E-state index is 0. The lowest BCUT2D eigenvalue weighted by Crippen LogP contribution is -2.55. The molecule has 0 aromatic heterocycles. The normalized spacial score (nSPS) is 16.3. The number of amides is 1. The molecule has 11 heteroatoms. The van der Waals surface area contributed by atoms with Crippen molar-refractivity contribution in [3.05, 3.63) is 34.4 Å². The van der Waals surface area contributed by atoms with Gasteiger partial charge in [-0.25, -0.2) is 13.1 Å². The zero-order valence-corrected chi connectivity index (χ0v) is 15.8. The Bertz CT molecular complexity index is 733. The Morgan fingerprint density at radius 2 is 1.73 bits per heavy atom. The molecule has 9 nitrogen and oxygen atoms in total. The van der Waals surface area contributed by atoms with Crippen molar-refractivity contribution in [3.8, 4) is 0 Å². The van der Waals surface area contributed by atoms with Gasteiger partial charge in [0.1, 0.15) is 0 Å². The van der Waals surface area contributed by atoms with Crippen LogP contribution in [0.1, 0.15) is 32.1 Å². The van der Waals surface area contributed by atoms with Crippen LogP contribution < -0.4 is 15.8 Å². The molecular weight excluding hydrogens is 384 g/mol. The maximum Gasteiger partial charge on any atom is 0.269 e. The first-order chi connectivity index (χ1) is 11.7. The van der Waals surface area contributed by atoms with E-state index in [1.165, 1.54) is 0 Å². The van der Waals surface area contributed by atoms with Crippen LogP contribution in [-0.4, -0.2) is 37.9 Å². The van der Waals surface area contributed by atoms with Crippen LogP contribution in [0.3, 0.4) is 0 Å². The smallest absolute Gasteiger partial charge is 0.269 e. The summed E-state index contributed by atoms with van der Waals surface area (Å²) in [5, 5.41) is 13.2. The van der Waals surface area contributed by atoms with Gasteiger partial charge in [0.2, 0.25) is 15.9 Å². The number of nitrogens with zero attached hydrogens (tertiary/aromatic N) is 1. The maximum atomic E-state index is 12.1. The third-order valence-corrected chi connectivity index (χ3v) is 5.74. The van der Waals surface area contributed by atoms with Crippen LogP contribution in [0.5, 0.6) is 0 Å². The van der Waals surface area contributed by atoms with Gasteiger partial charge < -0.3 is 11.1 Å². The number of hydrogen-bond donors (Lipinski definition) is 3. The second-order valence-corrected chi connectivity index (χ2v) is 7.89. The number of nitro benzene ring substituents is 1. The van der Waals surface area contributed by atoms with Gasteiger partial charge in [-0.1, -0.05) is 19.3 Å². The van der Waals surface area contributed by atoms with E-state index in [-0.39, 0.29) is 42.0 Å². The van der Waals surface area contributed by atoms with Gasteiger partial charge in [-0.05, 0) is 25.0 Å². The number of nitrogens with two attached hydrogens (primary N) is 1. The predicted molar refractivity (Wildman–Crippen MR) is 98.5 cm³/mol. The van der Waals surface area contributed by atoms with Gasteiger partial charge >= 0.3 is 0 Å². The molecule has 146 valence electrons. The molecule has 1 aromatic carbocycles. The van der Waals surface area contributed by atoms with Gasteiger partial charge in [0.15, 0.2) is 0 Å². The minimum atomic E-state index is -3.80. The van der Waals surface area contributed by atoms with Crippen LogP contribution in [0.2, 0.25) is 0 Å². The molecule has 1 aliphatic carbocycles. The number of non-ortho nitro benzene ring substituents is 1. The van der Waals surface area contributed by atoms with E-state index in [1.54, 1.807) is 0 Å². The Morgan fingerprint density at radius 1 is 1.15 bits per heavy atom. The third-order valence-electron chi connectivity index (χ3n) is 4.26. The van der Waals surface area contributed by atoms with E-state index in [4.69, 9.17) is 5.73 Å². The van der Waals surface area contributed by atoms with Gasteiger partial charge in [0.25, 0.3) is 5.69 Å². The largest absolute Gasteiger partial charge is 0.353 e. The molecule has 1 fully saturated rings. The molecule has 0 radical (unpaired) electrons. The average molecular weight is 407 g/mol. The predicted octanol–water partition coefficient (Wildman–Crippen LogP) is 1.07. The number of benzene rings is 1. The first-order valence-electron chi connectivity index (χ1n) is 8.06. The Hall–Kier alpha value is -1.75. The van der Waals surface area contributed by atoms with Crippen LogP contribution in [-0.2, 0) is 14.8 Å². The first kappa shape index (κ1) is 22.3. The molecule has 0 atom stereocenters. The van der Waals surface area contributed by atoms with E-state index in [0.29, 0.717) is 12.8 Å². The molecular formula is C15H23ClN4O5S. The highest BCUT2D eigenvalue weighted by molar-refractivity contribution is 7.89. The molecule has 2 rings (SSSR count). The minimum Gasteiger partial charge on any atom is -0.353 e. The van der Waals surface area contributed by atoms with E-state index < -0.39 is 20.5 Å². The summed E-state index contributed by atoms with van der Waals surface area (Å²) in [6.07, 6.45) is 4.16. The summed E-state index contributed by atoms with van der Waals surface area (Å²) in [6.45, 7) is 0.116. The van der Waals surface area contributed by atoms with Crippen molar-refractivity contribution in [3.63, 3.8) is 0 Å². The molecule has 0 heterocycles. The maximum absolute atomic E-state index is 12.1. The van der Waals surface area contributed by atoms with Crippen molar-refractivity contribution in [1.29, 1.82) is 0 Å². The van der Waals surface area contributed by atoms with Crippen molar-refractivity contribution >= 4 is 34.0 Å². The average Bonchev–Trinajstić information content (AvgIpc) is 2.59. The summed E-state index contributed by atoms with van der Waals surface area (Å²) in [7, 11) is -3.80. The Morgan fingerprint density at radius 3 is 2.27 bits per heavy atom. The number of hydrogen-bond acceptors (Lipinski definition) is 6. The molecule has 1 saturated carbocycles. The van der Waals surface area contributed by atoms with Crippen LogP contribution >= 0.6 is 12.4 Å². The standard InChI is InChI=1S/C15H22N4O5S.ClH/c16-15(8-2-1-3-9-15)14(20)17-10-11-18-25(23,24)13-6-4-12(5-7-13)19(21)22;/h4-7,18H,1-3,8-11,16H2,(H,17,20);1H. The SMILES string of the molecule is Cl.NC1(C(=O)NCCNS(=O)(=O)c2ccc([N+](=O)[O-])cc2)CCCCC1. The molecule has 0 saturated heterocycles. The topological polar surface area (TPSA) is 144 Å². The molecule has 1 aliphatic rings. The number of nitro groups is 1. The van der Waals surface area contributed by atoms with Crippen molar-refractivity contribution < 1.29 is 18.1 Å². The zero-order valence-electron chi connectivity index (χ0n) is 14.1. The summed E-state index contributed by atoms with van der Waals surface area (Å²) >= 11 is 0. The Labute approximate surface area is 158 Å². The van der Waals surface area contributed by atoms with Gasteiger partial charge in [-0.3, -0.25) is 14.9 Å². The van der Waals surface area contributed by atoms with Gasteiger partial charge in [-0.15, -0.1) is 12.4 Å². The van der Waals surface area contributed by atoms with Crippen molar-refractivity contribution in [2.24, 2.45) is 5.73 Å². The number of carbonyl (C=O) groups excluding carboxylic acids is 1. The summed E-state index contributed by atoms with van der Waals surface area (Å²) in [4.78, 5) is 22.0. The number of nitrogens with one attached hydrogen (secondary N) is 2. The third kappa shape index (κ3) is 5.63. The molecule has 0 bridgehead atoms. The zero-order chi connectivity index (χ0) is 18.5. The lowest BCUT2D eigenvalue weighted by molar-refractivity contribution is -0.384. The van der Waals surface area contributed by atoms with E-state index in [9.17, 15) is 23.3 Å². The first-order valence-corrected chi connectivity index (χ1v) is 9.54. The Balaban J connectivity index is 0.00000338. The number of sulfonamides is 1. The van der Waals surface area contributed by atoms with E-state index >= 15 is 0 Å². The fourth-order valence-electron chi connectivity index (χ4n) is 2.78. The van der Waals surface area contributed by atoms with Crippen molar-refractivity contribution in [2.45, 2.75) is 42.5 Å². The molecule has 1 aromatic rings. The highest BCUT2D eigenvalue weighted by atomic mass is 35.5. The highest BCUT2D eigenvalue weighted by Crippen LogP contribution is 2.25. The lowest BCUT2D eigenvalue weighted by Gasteiger charge is -2.31.